The molecule has 1 N–H and O–H groups in total. The van der Waals surface area contributed by atoms with Gasteiger partial charge in [0.2, 0.25) is 0 Å². The summed E-state index contributed by atoms with van der Waals surface area (Å²) >= 11 is 0. The van der Waals surface area contributed by atoms with Crippen molar-refractivity contribution in [1.82, 2.24) is 0 Å². The molecule has 9 heavy (non-hydrogen) atoms. The average molecular weight is 132 g/mol. The van der Waals surface area contributed by atoms with Crippen LogP contribution in [0.5, 0.6) is 0 Å². The van der Waals surface area contributed by atoms with Crippen molar-refractivity contribution >= 4 is 6.16 Å². The first-order valence-corrected chi connectivity index (χ1v) is 2.76. The summed E-state index contributed by atoms with van der Waals surface area (Å²) in [5.41, 5.74) is 0. The Hall–Kier alpha value is -0.770. The van der Waals surface area contributed by atoms with Crippen LogP contribution in [0.15, 0.2) is 0 Å². The van der Waals surface area contributed by atoms with Gasteiger partial charge in [-0.15, -0.1) is 0 Å². The number of hydrogen-bond donors (Lipinski definition) is 1. The third-order valence-corrected chi connectivity index (χ3v) is 1.07. The van der Waals surface area contributed by atoms with Gasteiger partial charge in [-0.25, -0.2) is 4.79 Å². The van der Waals surface area contributed by atoms with Crippen molar-refractivity contribution in [1.29, 1.82) is 0 Å². The predicted octanol–water partition coefficient (Wildman–Crippen LogP) is 0.470. The normalized spacial score (nSPS) is 23.3. The first kappa shape index (κ1) is 6.35. The fourth-order valence-corrected chi connectivity index (χ4v) is 0.512. The highest BCUT2D eigenvalue weighted by atomic mass is 16.7. The highest BCUT2D eigenvalue weighted by molar-refractivity contribution is 5.56. The second-order valence-electron chi connectivity index (χ2n) is 1.86. The highest BCUT2D eigenvalue weighted by Crippen LogP contribution is 2.12. The van der Waals surface area contributed by atoms with Gasteiger partial charge < -0.3 is 14.6 Å². The zero-order chi connectivity index (χ0) is 6.69. The van der Waals surface area contributed by atoms with Crippen LogP contribution in [0.4, 0.5) is 4.79 Å². The summed E-state index contributed by atoms with van der Waals surface area (Å²) in [5.74, 6) is 0. The maximum absolute atomic E-state index is 9.74. The van der Waals surface area contributed by atoms with Crippen LogP contribution in [-0.4, -0.2) is 30.6 Å². The van der Waals surface area contributed by atoms with Gasteiger partial charge in [0, 0.05) is 6.42 Å². The van der Waals surface area contributed by atoms with Crippen LogP contribution in [0, 0.1) is 0 Å². The third-order valence-electron chi connectivity index (χ3n) is 1.07. The molecule has 1 aliphatic rings. The number of carboxylic acid groups (broad SMARTS) is 1. The van der Waals surface area contributed by atoms with E-state index < -0.39 is 6.16 Å². The Morgan fingerprint density at radius 3 is 3.00 bits per heavy atom. The van der Waals surface area contributed by atoms with Gasteiger partial charge in [-0.2, -0.15) is 0 Å². The van der Waals surface area contributed by atoms with Gasteiger partial charge >= 0.3 is 6.16 Å². The summed E-state index contributed by atoms with van der Waals surface area (Å²) in [5, 5.41) is 7.98. The van der Waals surface area contributed by atoms with Crippen molar-refractivity contribution in [2.75, 3.05) is 13.2 Å². The first-order chi connectivity index (χ1) is 4.29. The van der Waals surface area contributed by atoms with Crippen LogP contribution in [-0.2, 0) is 9.47 Å². The summed E-state index contributed by atoms with van der Waals surface area (Å²) in [6.45, 7) is 1.00. The van der Waals surface area contributed by atoms with Crippen molar-refractivity contribution in [3.8, 4) is 0 Å². The molecule has 1 saturated heterocycles. The van der Waals surface area contributed by atoms with Crippen LogP contribution >= 0.6 is 0 Å². The van der Waals surface area contributed by atoms with Crippen LogP contribution in [0.25, 0.3) is 0 Å². The Bertz CT molecular complexity index is 108. The smallest absolute Gasteiger partial charge is 0.450 e. The topological polar surface area (TPSA) is 59.1 Å². The molecule has 1 heterocycles. The van der Waals surface area contributed by atoms with E-state index in [1.807, 2.05) is 0 Å². The molecule has 0 radical (unpaired) electrons. The van der Waals surface area contributed by atoms with E-state index in [2.05, 4.69) is 4.74 Å². The molecule has 1 aliphatic heterocycles. The fourth-order valence-electron chi connectivity index (χ4n) is 0.512. The molecule has 1 fully saturated rings. The van der Waals surface area contributed by atoms with Crippen LogP contribution in [0.2, 0.25) is 0 Å². The molecule has 0 aromatic rings. The van der Waals surface area contributed by atoms with E-state index in [1.54, 1.807) is 0 Å². The van der Waals surface area contributed by atoms with Crippen molar-refractivity contribution in [2.24, 2.45) is 0 Å². The molecule has 0 aromatic carbocycles. The molecule has 0 aromatic heterocycles. The molecule has 1 atom stereocenters. The van der Waals surface area contributed by atoms with E-state index in [0.717, 1.165) is 6.61 Å². The van der Waals surface area contributed by atoms with Gasteiger partial charge in [-0.1, -0.05) is 0 Å². The lowest BCUT2D eigenvalue weighted by atomic mass is 10.4. The summed E-state index contributed by atoms with van der Waals surface area (Å²) < 4.78 is 9.05. The number of hydrogen-bond acceptors (Lipinski definition) is 3. The van der Waals surface area contributed by atoms with Gasteiger partial charge in [-0.05, 0) is 0 Å². The Morgan fingerprint density at radius 1 is 1.89 bits per heavy atom. The SMILES string of the molecule is O=C(O)OCCC1CO1. The molecule has 1 rings (SSSR count). The minimum Gasteiger partial charge on any atom is -0.450 e. The molecule has 52 valence electrons. The standard InChI is InChI=1S/C5H8O4/c6-5(7)8-2-1-4-3-9-4/h4H,1-3H2,(H,6,7). The zero-order valence-electron chi connectivity index (χ0n) is 4.87. The summed E-state index contributed by atoms with van der Waals surface area (Å²) in [6.07, 6.45) is -0.272. The van der Waals surface area contributed by atoms with Crippen molar-refractivity contribution in [3.63, 3.8) is 0 Å². The molecule has 4 nitrogen and oxygen atoms in total. The second-order valence-corrected chi connectivity index (χ2v) is 1.86. The lowest BCUT2D eigenvalue weighted by molar-refractivity contribution is 0.0886. The summed E-state index contributed by atoms with van der Waals surface area (Å²) in [6, 6.07) is 0. The van der Waals surface area contributed by atoms with Gasteiger partial charge in [0.05, 0.1) is 19.3 Å². The van der Waals surface area contributed by atoms with Crippen LogP contribution in [0.3, 0.4) is 0 Å². The van der Waals surface area contributed by atoms with Gasteiger partial charge in [0.25, 0.3) is 0 Å². The van der Waals surface area contributed by atoms with E-state index in [9.17, 15) is 4.79 Å². The average Bonchev–Trinajstić information content (AvgIpc) is 2.48. The summed E-state index contributed by atoms with van der Waals surface area (Å²) in [7, 11) is 0. The van der Waals surface area contributed by atoms with Crippen molar-refractivity contribution < 1.29 is 19.4 Å². The molecule has 1 unspecified atom stereocenters. The van der Waals surface area contributed by atoms with Crippen molar-refractivity contribution in [2.45, 2.75) is 12.5 Å². The first-order valence-electron chi connectivity index (χ1n) is 2.76. The Kier molecular flexibility index (Phi) is 1.89. The van der Waals surface area contributed by atoms with E-state index in [1.165, 1.54) is 0 Å². The number of epoxide rings is 1. The van der Waals surface area contributed by atoms with E-state index >= 15 is 0 Å². The Balaban J connectivity index is 1.86. The van der Waals surface area contributed by atoms with E-state index in [-0.39, 0.29) is 12.7 Å². The Morgan fingerprint density at radius 2 is 2.56 bits per heavy atom. The van der Waals surface area contributed by atoms with E-state index in [4.69, 9.17) is 9.84 Å². The quantitative estimate of drug-likeness (QED) is 0.448. The van der Waals surface area contributed by atoms with Gasteiger partial charge in [0.15, 0.2) is 0 Å². The van der Waals surface area contributed by atoms with Crippen molar-refractivity contribution in [3.05, 3.63) is 0 Å². The maximum Gasteiger partial charge on any atom is 0.505 e. The van der Waals surface area contributed by atoms with Crippen LogP contribution in [0.1, 0.15) is 6.42 Å². The molecule has 0 amide bonds. The molecular formula is C5H8O4. The Labute approximate surface area is 52.4 Å². The molecule has 0 aliphatic carbocycles. The third kappa shape index (κ3) is 2.92. The second kappa shape index (κ2) is 2.68. The molecule has 0 spiro atoms. The number of ether oxygens (including phenoxy) is 2. The lowest BCUT2D eigenvalue weighted by Crippen LogP contribution is -2.03. The number of rotatable bonds is 3. The minimum atomic E-state index is -1.21. The largest absolute Gasteiger partial charge is 0.505 e. The van der Waals surface area contributed by atoms with Gasteiger partial charge in [0.1, 0.15) is 0 Å². The fraction of sp³-hybridized carbons (Fsp3) is 0.800. The number of carbonyl (C=O) groups is 1. The van der Waals surface area contributed by atoms with Gasteiger partial charge in [-0.3, -0.25) is 0 Å². The molecule has 0 bridgehead atoms. The molecule has 4 heteroatoms. The molecular weight excluding hydrogens is 124 g/mol. The summed E-state index contributed by atoms with van der Waals surface area (Å²) in [4.78, 5) is 9.74. The maximum atomic E-state index is 9.74. The lowest BCUT2D eigenvalue weighted by Gasteiger charge is -1.94. The predicted molar refractivity (Wildman–Crippen MR) is 28.3 cm³/mol. The van der Waals surface area contributed by atoms with Crippen LogP contribution < -0.4 is 0 Å². The van der Waals surface area contributed by atoms with E-state index in [0.29, 0.717) is 6.42 Å². The minimum absolute atomic E-state index is 0.250. The highest BCUT2D eigenvalue weighted by Gasteiger charge is 2.22. The monoisotopic (exact) mass is 132 g/mol. The zero-order valence-corrected chi connectivity index (χ0v) is 4.87. The molecule has 0 saturated carbocycles.